The van der Waals surface area contributed by atoms with Crippen molar-refractivity contribution in [3.05, 3.63) is 264 Å². The zero-order chi connectivity index (χ0) is 99.2. The second-order valence-electron chi connectivity index (χ2n) is 23.4. The molecule has 1 aliphatic heterocycles. The molecule has 39 nitrogen and oxygen atoms in total. The number of amides is 1. The molecule has 16 rings (SSSR count). The summed E-state index contributed by atoms with van der Waals surface area (Å²) in [5.41, 5.74) is 3.73. The summed E-state index contributed by atoms with van der Waals surface area (Å²) in [4.78, 5) is 60.2. The minimum absolute atomic E-state index is 0. The number of sulfonamides is 1. The first-order valence-electron chi connectivity index (χ1n) is 40.5. The molecule has 0 aliphatic carbocycles. The Hall–Kier alpha value is -12.8. The number of nitrogens with one attached hydrogen (secondary N) is 6. The number of hydrogen-bond donors (Lipinski definition) is 7. The predicted octanol–water partition coefficient (Wildman–Crippen LogP) is 11.1. The van der Waals surface area contributed by atoms with Crippen LogP contribution in [0.4, 0.5) is 54.0 Å². The van der Waals surface area contributed by atoms with Crippen molar-refractivity contribution in [3.63, 3.8) is 0 Å². The Bertz CT molecular complexity index is 7200. The number of rotatable bonds is 24. The van der Waals surface area contributed by atoms with Gasteiger partial charge in [0.1, 0.15) is 23.3 Å². The van der Waals surface area contributed by atoms with E-state index in [-0.39, 0.29) is 89.9 Å². The molecule has 1 aliphatic rings. The number of ether oxygens (including phenoxy) is 1. The van der Waals surface area contributed by atoms with Gasteiger partial charge in [-0.25, -0.2) is 86.7 Å². The Labute approximate surface area is 742 Å². The van der Waals surface area contributed by atoms with E-state index in [4.69, 9.17) is 38.8 Å². The summed E-state index contributed by atoms with van der Waals surface area (Å²) in [6, 6.07) is 27.6. The smallest absolute Gasteiger partial charge is 0.381 e. The van der Waals surface area contributed by atoms with E-state index < -0.39 is 187 Å². The number of carbonyl (C=O) groups is 1. The van der Waals surface area contributed by atoms with Crippen molar-refractivity contribution in [2.75, 3.05) is 73.4 Å². The van der Waals surface area contributed by atoms with Gasteiger partial charge in [-0.2, -0.15) is 13.2 Å². The van der Waals surface area contributed by atoms with Crippen LogP contribution >= 0.6 is 76.1 Å². The zero-order valence-corrected chi connectivity index (χ0v) is 68.9. The van der Waals surface area contributed by atoms with Crippen LogP contribution in [0, 0.1) is 23.3 Å². The maximum absolute atomic E-state index is 14.2. The van der Waals surface area contributed by atoms with Gasteiger partial charge in [0, 0.05) is 39.3 Å². The molecule has 1 saturated heterocycles. The molecule has 123 heavy (non-hydrogen) atoms. The van der Waals surface area contributed by atoms with Crippen LogP contribution in [0.5, 0.6) is 0 Å². The van der Waals surface area contributed by atoms with Crippen LogP contribution in [0.1, 0.15) is 48.7 Å². The average molecular weight is 2020 g/mol. The number of alkyl halides is 3. The number of anilines is 4. The number of benzene rings is 7. The lowest BCUT2D eigenvalue weighted by atomic mass is 9.77. The summed E-state index contributed by atoms with van der Waals surface area (Å²) < 4.78 is 272. The molecule has 0 spiro atoms. The van der Waals surface area contributed by atoms with Crippen molar-refractivity contribution in [1.82, 2.24) is 90.2 Å². The molecule has 0 saturated carbocycles. The molecule has 1 amide bonds. The van der Waals surface area contributed by atoms with E-state index in [2.05, 4.69) is 174 Å². The van der Waals surface area contributed by atoms with E-state index in [1.165, 1.54) is 18.2 Å². The van der Waals surface area contributed by atoms with Gasteiger partial charge in [0.25, 0.3) is 0 Å². The van der Waals surface area contributed by atoms with Crippen molar-refractivity contribution < 1.29 is 104 Å². The van der Waals surface area contributed by atoms with Crippen molar-refractivity contribution in [2.24, 2.45) is 5.73 Å². The van der Waals surface area contributed by atoms with Crippen molar-refractivity contribution in [1.29, 1.82) is 0 Å². The van der Waals surface area contributed by atoms with Gasteiger partial charge in [0.15, 0.2) is 22.8 Å². The largest absolute Gasteiger partial charge is 0.471 e. The first-order chi connectivity index (χ1) is 64.0. The molecule has 52 heteroatoms. The third kappa shape index (κ3) is 21.9. The number of nitrogens with two attached hydrogens (primary N) is 1. The van der Waals surface area contributed by atoms with Crippen molar-refractivity contribution in [3.8, 4) is 68.8 Å². The van der Waals surface area contributed by atoms with E-state index in [1.807, 2.05) is 95.7 Å². The van der Waals surface area contributed by atoms with Gasteiger partial charge in [-0.3, -0.25) is 33.5 Å². The summed E-state index contributed by atoms with van der Waals surface area (Å²) in [5, 5.41) is 53.8. The van der Waals surface area contributed by atoms with Crippen LogP contribution < -0.4 is 60.1 Å². The SMILES string of the molecule is C1CCOC1.Cl.[2H]c1cc(F)c(Br)c([2H])c1-n1c(-c2nonc2NC(=O)C(F)(F)F)noc1=O.[2H]c1cc(F)c(Br)c([2H])c1-n1c(-c2nonc2NC([2H])([2H])CNC(c2ccccc2)(c2ccccc2)c2ccccc2)noc1=O.[2H]c1cc(F)c(Br)c([2H])c1-n1c(-c2nonc2NC([2H])([2H])CNS(C)(=O)=O)noc1=O.[2H]c1cc(F)c(Br)c([2H])c1-n1c(-c2nonc2NC([2H])([2H])N)noc1=O. The first-order valence-corrected chi connectivity index (χ1v) is 38.6. The molecule has 0 bridgehead atoms. The molecular weight excluding hydrogens is 1950 g/mol. The molecule has 8 N–H and O–H groups in total. The summed E-state index contributed by atoms with van der Waals surface area (Å²) in [7, 11) is -3.69. The Morgan fingerprint density at radius 2 is 0.772 bits per heavy atom. The van der Waals surface area contributed by atoms with Gasteiger partial charge in [-0.05, 0) is 207 Å². The maximum atomic E-state index is 14.2. The topological polar surface area (TPSA) is 506 Å². The fraction of sp³-hybridized carbons (Fsp3) is 0.169. The van der Waals surface area contributed by atoms with Crippen molar-refractivity contribution >= 4 is 115 Å². The van der Waals surface area contributed by atoms with Crippen LogP contribution in [0.25, 0.3) is 68.8 Å². The Kier molecular flexibility index (Phi) is 24.5. The van der Waals surface area contributed by atoms with Crippen LogP contribution in [0.15, 0.2) is 237 Å². The van der Waals surface area contributed by atoms with E-state index in [0.29, 0.717) is 19.8 Å². The summed E-state index contributed by atoms with van der Waals surface area (Å²) >= 11 is 11.5. The third-order valence-electron chi connectivity index (χ3n) is 15.6. The number of carbonyl (C=O) groups excluding carboxylic acids is 1. The lowest BCUT2D eigenvalue weighted by Gasteiger charge is -2.37. The Morgan fingerprint density at radius 1 is 0.472 bits per heavy atom. The molecule has 7 aromatic carbocycles. The van der Waals surface area contributed by atoms with Crippen LogP contribution in [-0.2, 0) is 25.1 Å². The number of aromatic nitrogens is 16. The zero-order valence-electron chi connectivity index (χ0n) is 75.0. The van der Waals surface area contributed by atoms with E-state index in [9.17, 15) is 63.1 Å². The highest BCUT2D eigenvalue weighted by Crippen LogP contribution is 2.38. The van der Waals surface area contributed by atoms with Gasteiger partial charge in [-0.1, -0.05) is 112 Å². The first kappa shape index (κ1) is 73.0. The lowest BCUT2D eigenvalue weighted by Crippen LogP contribution is -2.46. The highest BCUT2D eigenvalue weighted by molar-refractivity contribution is 9.11. The van der Waals surface area contributed by atoms with Gasteiger partial charge in [-0.15, -0.1) is 12.4 Å². The minimum Gasteiger partial charge on any atom is -0.381 e. The summed E-state index contributed by atoms with van der Waals surface area (Å²) in [6.45, 7) is -5.97. The average Bonchev–Trinajstić information content (AvgIpc) is 1.12. The molecule has 9 heterocycles. The van der Waals surface area contributed by atoms with Crippen molar-refractivity contribution in [2.45, 2.75) is 24.6 Å². The number of nitrogens with zero attached hydrogens (tertiary/aromatic N) is 16. The summed E-state index contributed by atoms with van der Waals surface area (Å²) in [5.74, 6) is -14.2. The molecule has 1 fully saturated rings. The predicted molar refractivity (Wildman–Crippen MR) is 434 cm³/mol. The molecule has 0 unspecified atom stereocenters. The highest BCUT2D eigenvalue weighted by Gasteiger charge is 2.41. The fourth-order valence-corrected chi connectivity index (χ4v) is 11.9. The van der Waals surface area contributed by atoms with Gasteiger partial charge in [0.2, 0.25) is 56.6 Å². The molecule has 0 atom stereocenters. The van der Waals surface area contributed by atoms with Gasteiger partial charge < -0.3 is 26.4 Å². The fourth-order valence-electron chi connectivity index (χ4n) is 10.3. The number of hydrogen-bond acceptors (Lipinski definition) is 33. The molecule has 15 aromatic rings. The molecule has 8 aromatic heterocycles. The van der Waals surface area contributed by atoms with Crippen LogP contribution in [0.3, 0.4) is 0 Å². The standard InChI is InChI=1S/C31H24BrFN6O3.C13H12BrFN6O5S.C12H4BrF4N5O4.C11H8BrFN6O3.C4H8O.ClH/c32-25-20-24(16-17-26(25)33)39-29(38-41-30(39)40)27-28(37-42-36-27)34-18-19-35-31(21-10-4-1-5-11-21,22-12-6-2-7-13-22)23-14-8-3-9-15-23;1-27(23,24)17-5-4-16-11-10(18-26-19-11)12-20-25-13(22)21(12)7-2-3-9(15)8(14)6-7;13-5-3-4(1-2-6(5)14)22-9(21-25-11(22)24)7-8(20-26-19-7)18-10(23)12(15,16)17;12-6-3-5(1-2-7(6)13)19-10(18-21-11(19)20)8-9(15-4-14)17-22-16-8;1-2-4-5-3-1;/h1-17,20,35H,18-19H2,(H,34,37);2-3,6,17H,4-5H2,1H3,(H,16,19);1-3H,(H,18,20,23);1-3H,4,14H2,(H,15,17);1-4H2;1H/i16D,18D2,20D;2D,4D2,6D;1D,3D;1D,3D,4D2;;. The van der Waals surface area contributed by atoms with Crippen LogP contribution in [-0.4, -0.2) is 153 Å². The molecular formula is C71H57Br4ClF7N23O16S. The minimum atomic E-state index is -5.26. The monoisotopic (exact) mass is 2020 g/mol. The van der Waals surface area contributed by atoms with E-state index >= 15 is 0 Å². The summed E-state index contributed by atoms with van der Waals surface area (Å²) in [6.07, 6.45) is -1.86. The van der Waals surface area contributed by atoms with E-state index in [0.717, 1.165) is 58.9 Å². The molecule has 0 radical (unpaired) electrons. The number of halogens is 12. The highest BCUT2D eigenvalue weighted by atomic mass is 79.9. The maximum Gasteiger partial charge on any atom is 0.471 e. The Morgan fingerprint density at radius 3 is 1.07 bits per heavy atom. The lowest BCUT2D eigenvalue weighted by molar-refractivity contribution is -0.167. The second kappa shape index (κ2) is 41.2. The molecule has 642 valence electrons. The van der Waals surface area contributed by atoms with Crippen LogP contribution in [0.2, 0.25) is 0 Å². The van der Waals surface area contributed by atoms with Gasteiger partial charge >= 0.3 is 35.1 Å². The quantitative estimate of drug-likeness (QED) is 0.0168. The second-order valence-corrected chi connectivity index (χ2v) is 28.4. The van der Waals surface area contributed by atoms with E-state index in [1.54, 1.807) is 0 Å². The normalized spacial score (nSPS) is 13.8. The third-order valence-corrected chi connectivity index (χ3v) is 18.6. The van der Waals surface area contributed by atoms with Gasteiger partial charge in [0.05, 0.1) is 78.2 Å². The Balaban J connectivity index is 0.000000176.